The third-order valence-electron chi connectivity index (χ3n) is 3.58. The first kappa shape index (κ1) is 11.5. The second kappa shape index (κ2) is 4.81. The number of hydrogen-bond acceptors (Lipinski definition) is 1. The van der Waals surface area contributed by atoms with Crippen LogP contribution in [0.25, 0.3) is 0 Å². The minimum atomic E-state index is 0.333. The van der Waals surface area contributed by atoms with Crippen LogP contribution in [-0.2, 0) is 4.79 Å². The quantitative estimate of drug-likeness (QED) is 0.681. The highest BCUT2D eigenvalue weighted by atomic mass is 16.2. The maximum Gasteiger partial charge on any atom is 0.222 e. The molecule has 2 atom stereocenters. The van der Waals surface area contributed by atoms with Crippen LogP contribution < -0.4 is 0 Å². The topological polar surface area (TPSA) is 20.3 Å². The molecule has 0 aromatic rings. The molecule has 0 N–H and O–H groups in total. The van der Waals surface area contributed by atoms with Crippen molar-refractivity contribution < 1.29 is 4.79 Å². The Hall–Kier alpha value is -0.530. The van der Waals surface area contributed by atoms with E-state index in [4.69, 9.17) is 0 Å². The molecule has 1 saturated heterocycles. The van der Waals surface area contributed by atoms with Crippen molar-refractivity contribution in [2.45, 2.75) is 53.0 Å². The van der Waals surface area contributed by atoms with Gasteiger partial charge in [-0.15, -0.1) is 0 Å². The van der Waals surface area contributed by atoms with Crippen molar-refractivity contribution in [3.63, 3.8) is 0 Å². The molecule has 0 spiro atoms. The van der Waals surface area contributed by atoms with Gasteiger partial charge in [0.15, 0.2) is 0 Å². The summed E-state index contributed by atoms with van der Waals surface area (Å²) in [5, 5.41) is 0. The van der Waals surface area contributed by atoms with Gasteiger partial charge in [0.1, 0.15) is 0 Å². The molecule has 1 aliphatic heterocycles. The fourth-order valence-electron chi connectivity index (χ4n) is 2.30. The van der Waals surface area contributed by atoms with Crippen LogP contribution in [0.3, 0.4) is 0 Å². The Bertz CT molecular complexity index is 200. The number of carbonyl (C=O) groups excluding carboxylic acids is 1. The van der Waals surface area contributed by atoms with Gasteiger partial charge in [0, 0.05) is 19.0 Å². The van der Waals surface area contributed by atoms with Crippen LogP contribution >= 0.6 is 0 Å². The first-order chi connectivity index (χ1) is 6.57. The smallest absolute Gasteiger partial charge is 0.222 e. The summed E-state index contributed by atoms with van der Waals surface area (Å²) >= 11 is 0. The Labute approximate surface area is 87.7 Å². The highest BCUT2D eigenvalue weighted by molar-refractivity contribution is 5.76. The van der Waals surface area contributed by atoms with E-state index >= 15 is 0 Å². The molecule has 0 aromatic carbocycles. The second-order valence-corrected chi connectivity index (χ2v) is 4.75. The van der Waals surface area contributed by atoms with Gasteiger partial charge >= 0.3 is 0 Å². The first-order valence-electron chi connectivity index (χ1n) is 5.87. The Kier molecular flexibility index (Phi) is 3.97. The number of amides is 1. The molecule has 1 rings (SSSR count). The highest BCUT2D eigenvalue weighted by Gasteiger charge is 2.32. The van der Waals surface area contributed by atoms with E-state index < -0.39 is 0 Å². The van der Waals surface area contributed by atoms with E-state index in [0.717, 1.165) is 6.54 Å². The lowest BCUT2D eigenvalue weighted by atomic mass is 9.89. The fourth-order valence-corrected chi connectivity index (χ4v) is 2.30. The third-order valence-corrected chi connectivity index (χ3v) is 3.58. The summed E-state index contributed by atoms with van der Waals surface area (Å²) in [4.78, 5) is 13.8. The molecule has 1 heterocycles. The summed E-state index contributed by atoms with van der Waals surface area (Å²) in [6, 6.07) is 0.502. The summed E-state index contributed by atoms with van der Waals surface area (Å²) in [6.07, 6.45) is 3.04. The summed E-state index contributed by atoms with van der Waals surface area (Å²) < 4.78 is 0. The molecule has 0 aliphatic carbocycles. The van der Waals surface area contributed by atoms with Crippen LogP contribution in [0.1, 0.15) is 47.0 Å². The van der Waals surface area contributed by atoms with Crippen LogP contribution in [0.15, 0.2) is 0 Å². The van der Waals surface area contributed by atoms with Crippen molar-refractivity contribution in [1.82, 2.24) is 4.90 Å². The van der Waals surface area contributed by atoms with E-state index in [2.05, 4.69) is 25.7 Å². The molecule has 14 heavy (non-hydrogen) atoms. The van der Waals surface area contributed by atoms with Crippen LogP contribution in [-0.4, -0.2) is 23.4 Å². The van der Waals surface area contributed by atoms with Crippen molar-refractivity contribution in [3.8, 4) is 0 Å². The van der Waals surface area contributed by atoms with Gasteiger partial charge in [0.05, 0.1) is 0 Å². The normalized spacial score (nSPS) is 24.4. The molecule has 0 saturated carbocycles. The molecule has 2 heteroatoms. The number of hydrogen-bond donors (Lipinski definition) is 0. The van der Waals surface area contributed by atoms with Gasteiger partial charge in [0.2, 0.25) is 5.91 Å². The molecule has 0 aromatic heterocycles. The zero-order valence-electron chi connectivity index (χ0n) is 9.92. The van der Waals surface area contributed by atoms with E-state index in [0.29, 0.717) is 30.2 Å². The Morgan fingerprint density at radius 1 is 1.43 bits per heavy atom. The maximum atomic E-state index is 11.7. The van der Waals surface area contributed by atoms with E-state index in [9.17, 15) is 4.79 Å². The molecular weight excluding hydrogens is 174 g/mol. The van der Waals surface area contributed by atoms with Gasteiger partial charge in [0.25, 0.3) is 0 Å². The SMILES string of the molecule is CCC(=O)N1CCCC1C(C)C(C)C. The van der Waals surface area contributed by atoms with Gasteiger partial charge in [-0.2, -0.15) is 0 Å². The predicted molar refractivity (Wildman–Crippen MR) is 59.0 cm³/mol. The van der Waals surface area contributed by atoms with E-state index in [-0.39, 0.29) is 0 Å². The largest absolute Gasteiger partial charge is 0.339 e. The summed E-state index contributed by atoms with van der Waals surface area (Å²) in [5.74, 6) is 1.64. The Morgan fingerprint density at radius 3 is 2.57 bits per heavy atom. The van der Waals surface area contributed by atoms with E-state index in [1.54, 1.807) is 0 Å². The minimum absolute atomic E-state index is 0.333. The van der Waals surface area contributed by atoms with Crippen molar-refractivity contribution in [3.05, 3.63) is 0 Å². The zero-order valence-corrected chi connectivity index (χ0v) is 9.92. The summed E-state index contributed by atoms with van der Waals surface area (Å²) in [5.41, 5.74) is 0. The maximum absolute atomic E-state index is 11.7. The molecule has 1 amide bonds. The van der Waals surface area contributed by atoms with E-state index in [1.165, 1.54) is 12.8 Å². The van der Waals surface area contributed by atoms with Gasteiger partial charge in [-0.3, -0.25) is 4.79 Å². The second-order valence-electron chi connectivity index (χ2n) is 4.75. The molecule has 0 bridgehead atoms. The fraction of sp³-hybridized carbons (Fsp3) is 0.917. The molecule has 1 fully saturated rings. The van der Waals surface area contributed by atoms with Crippen molar-refractivity contribution in [2.75, 3.05) is 6.54 Å². The monoisotopic (exact) mass is 197 g/mol. The van der Waals surface area contributed by atoms with Gasteiger partial charge in [-0.25, -0.2) is 0 Å². The molecule has 1 aliphatic rings. The summed E-state index contributed by atoms with van der Waals surface area (Å²) in [7, 11) is 0. The standard InChI is InChI=1S/C12H23NO/c1-5-12(14)13-8-6-7-11(13)10(4)9(2)3/h9-11H,5-8H2,1-4H3. The third kappa shape index (κ3) is 2.28. The lowest BCUT2D eigenvalue weighted by Crippen LogP contribution is -2.40. The molecule has 2 nitrogen and oxygen atoms in total. The van der Waals surface area contributed by atoms with Crippen LogP contribution in [0.2, 0.25) is 0 Å². The molecule has 82 valence electrons. The summed E-state index contributed by atoms with van der Waals surface area (Å²) in [6.45, 7) is 9.71. The lowest BCUT2D eigenvalue weighted by molar-refractivity contribution is -0.132. The average molecular weight is 197 g/mol. The number of rotatable bonds is 3. The first-order valence-corrected chi connectivity index (χ1v) is 5.87. The number of likely N-dealkylation sites (tertiary alicyclic amines) is 1. The molecule has 0 radical (unpaired) electrons. The van der Waals surface area contributed by atoms with Crippen molar-refractivity contribution in [1.29, 1.82) is 0 Å². The van der Waals surface area contributed by atoms with E-state index in [1.807, 2.05) is 6.92 Å². The minimum Gasteiger partial charge on any atom is -0.339 e. The average Bonchev–Trinajstić information content (AvgIpc) is 2.63. The van der Waals surface area contributed by atoms with Crippen LogP contribution in [0.5, 0.6) is 0 Å². The van der Waals surface area contributed by atoms with Crippen molar-refractivity contribution >= 4 is 5.91 Å². The molecule has 2 unspecified atom stereocenters. The Balaban J connectivity index is 2.63. The Morgan fingerprint density at radius 2 is 2.07 bits per heavy atom. The molecular formula is C12H23NO. The highest BCUT2D eigenvalue weighted by Crippen LogP contribution is 2.28. The predicted octanol–water partition coefficient (Wildman–Crippen LogP) is 2.68. The van der Waals surface area contributed by atoms with Gasteiger partial charge < -0.3 is 4.90 Å². The lowest BCUT2D eigenvalue weighted by Gasteiger charge is -2.31. The number of nitrogens with zero attached hydrogens (tertiary/aromatic N) is 1. The van der Waals surface area contributed by atoms with Crippen LogP contribution in [0.4, 0.5) is 0 Å². The zero-order chi connectivity index (χ0) is 10.7. The van der Waals surface area contributed by atoms with Crippen LogP contribution in [0, 0.1) is 11.8 Å². The number of carbonyl (C=O) groups is 1. The van der Waals surface area contributed by atoms with Gasteiger partial charge in [-0.1, -0.05) is 27.7 Å². The van der Waals surface area contributed by atoms with Crippen molar-refractivity contribution in [2.24, 2.45) is 11.8 Å². The van der Waals surface area contributed by atoms with Gasteiger partial charge in [-0.05, 0) is 24.7 Å².